The van der Waals surface area contributed by atoms with Gasteiger partial charge in [0.1, 0.15) is 0 Å². The van der Waals surface area contributed by atoms with E-state index in [0.717, 1.165) is 32.4 Å². The first-order valence-electron chi connectivity index (χ1n) is 9.92. The van der Waals surface area contributed by atoms with E-state index in [1.807, 2.05) is 19.9 Å². The zero-order valence-corrected chi connectivity index (χ0v) is 16.8. The number of nitrogens with zero attached hydrogens (tertiary/aromatic N) is 1. The average molecular weight is 361 g/mol. The highest BCUT2D eigenvalue weighted by Gasteiger charge is 2.45. The van der Waals surface area contributed by atoms with Gasteiger partial charge in [-0.25, -0.2) is 0 Å². The lowest BCUT2D eigenvalue weighted by Gasteiger charge is -2.19. The van der Waals surface area contributed by atoms with Crippen molar-refractivity contribution in [1.29, 1.82) is 0 Å². The van der Waals surface area contributed by atoms with Crippen molar-refractivity contribution in [3.63, 3.8) is 0 Å². The van der Waals surface area contributed by atoms with Crippen LogP contribution >= 0.6 is 0 Å². The van der Waals surface area contributed by atoms with Crippen molar-refractivity contribution in [3.8, 4) is 11.8 Å². The summed E-state index contributed by atoms with van der Waals surface area (Å²) in [6.45, 7) is 5.83. The van der Waals surface area contributed by atoms with Gasteiger partial charge < -0.3 is 20.4 Å². The van der Waals surface area contributed by atoms with Gasteiger partial charge in [-0.3, -0.25) is 0 Å². The highest BCUT2D eigenvalue weighted by atomic mass is 16.3. The molecule has 0 spiro atoms. The third-order valence-electron chi connectivity index (χ3n) is 5.83. The molecule has 146 valence electrons. The minimum Gasteiger partial charge on any atom is -0.392 e. The molecule has 2 aliphatic rings. The number of hydrogen-bond acceptors (Lipinski definition) is 4. The monoisotopic (exact) mass is 360 g/mol. The van der Waals surface area contributed by atoms with Gasteiger partial charge >= 0.3 is 0 Å². The van der Waals surface area contributed by atoms with Crippen molar-refractivity contribution in [2.45, 2.75) is 51.7 Å². The summed E-state index contributed by atoms with van der Waals surface area (Å²) >= 11 is 0. The molecule has 0 heterocycles. The minimum atomic E-state index is -0.494. The number of allylic oxidation sites excluding steroid dienone is 1. The SMILES string of the molecule is CC#CC[C@@H](C)[C@H](O)/C=C/[C@@H]1[C@H]2C/C(=C/NCCN(C)C)C[C@H]2C[C@H]1O. The number of nitrogens with one attached hydrogen (secondary N) is 1. The molecule has 2 saturated carbocycles. The highest BCUT2D eigenvalue weighted by molar-refractivity contribution is 5.17. The van der Waals surface area contributed by atoms with Crippen LogP contribution in [0.3, 0.4) is 0 Å². The minimum absolute atomic E-state index is 0.118. The highest BCUT2D eigenvalue weighted by Crippen LogP contribution is 2.50. The van der Waals surface area contributed by atoms with E-state index in [1.165, 1.54) is 5.57 Å². The fraction of sp³-hybridized carbons (Fsp3) is 0.727. The van der Waals surface area contributed by atoms with Gasteiger partial charge in [0, 0.05) is 25.4 Å². The van der Waals surface area contributed by atoms with Crippen LogP contribution in [0.5, 0.6) is 0 Å². The van der Waals surface area contributed by atoms with Gasteiger partial charge in [-0.2, -0.15) is 0 Å². The summed E-state index contributed by atoms with van der Waals surface area (Å²) in [7, 11) is 4.16. The molecule has 4 nitrogen and oxygen atoms in total. The third-order valence-corrected chi connectivity index (χ3v) is 5.83. The van der Waals surface area contributed by atoms with Gasteiger partial charge in [0.15, 0.2) is 0 Å². The van der Waals surface area contributed by atoms with E-state index in [2.05, 4.69) is 48.4 Å². The molecule has 6 atom stereocenters. The van der Waals surface area contributed by atoms with Crippen LogP contribution in [-0.2, 0) is 0 Å². The third kappa shape index (κ3) is 5.87. The number of likely N-dealkylation sites (N-methyl/N-ethyl adjacent to an activating group) is 1. The van der Waals surface area contributed by atoms with Crippen molar-refractivity contribution in [2.24, 2.45) is 23.7 Å². The second kappa shape index (κ2) is 10.2. The molecule has 4 heteroatoms. The second-order valence-corrected chi connectivity index (χ2v) is 8.26. The predicted octanol–water partition coefficient (Wildman–Crippen LogP) is 2.40. The standard InChI is InChI=1S/C22H36N2O2/c1-5-6-7-16(2)21(25)9-8-19-20-13-17(12-18(20)14-22(19)26)15-23-10-11-24(3)4/h8-9,15-16,18-23,25-26H,7,10-14H2,1-4H3/b9-8+,17-15+/t16-,18+,19-,20+,21-,22-/m1/s1. The topological polar surface area (TPSA) is 55.7 Å². The van der Waals surface area contributed by atoms with E-state index in [4.69, 9.17) is 0 Å². The van der Waals surface area contributed by atoms with Crippen LogP contribution in [-0.4, -0.2) is 54.5 Å². The predicted molar refractivity (Wildman–Crippen MR) is 107 cm³/mol. The molecule has 3 N–H and O–H groups in total. The molecule has 0 bridgehead atoms. The Hall–Kier alpha value is -1.28. The molecule has 26 heavy (non-hydrogen) atoms. The molecule has 0 aromatic rings. The maximum absolute atomic E-state index is 10.5. The summed E-state index contributed by atoms with van der Waals surface area (Å²) in [4.78, 5) is 2.17. The maximum atomic E-state index is 10.5. The van der Waals surface area contributed by atoms with Gasteiger partial charge in [-0.05, 0) is 64.2 Å². The maximum Gasteiger partial charge on any atom is 0.0755 e. The van der Waals surface area contributed by atoms with Crippen LogP contribution in [0.1, 0.15) is 39.5 Å². The lowest BCUT2D eigenvalue weighted by molar-refractivity contribution is 0.137. The van der Waals surface area contributed by atoms with Crippen LogP contribution in [0.15, 0.2) is 23.9 Å². The second-order valence-electron chi connectivity index (χ2n) is 8.26. The lowest BCUT2D eigenvalue weighted by atomic mass is 9.89. The van der Waals surface area contributed by atoms with Gasteiger partial charge in [-0.1, -0.05) is 24.6 Å². The Morgan fingerprint density at radius 3 is 2.81 bits per heavy atom. The lowest BCUT2D eigenvalue weighted by Crippen LogP contribution is -2.23. The van der Waals surface area contributed by atoms with E-state index in [-0.39, 0.29) is 17.9 Å². The van der Waals surface area contributed by atoms with Crippen molar-refractivity contribution >= 4 is 0 Å². The van der Waals surface area contributed by atoms with Crippen LogP contribution in [0.25, 0.3) is 0 Å². The molecule has 0 aliphatic heterocycles. The van der Waals surface area contributed by atoms with Gasteiger partial charge in [0.25, 0.3) is 0 Å². The summed E-state index contributed by atoms with van der Waals surface area (Å²) < 4.78 is 0. The van der Waals surface area contributed by atoms with Crippen molar-refractivity contribution in [2.75, 3.05) is 27.2 Å². The van der Waals surface area contributed by atoms with Crippen molar-refractivity contribution in [3.05, 3.63) is 23.9 Å². The quantitative estimate of drug-likeness (QED) is 0.353. The number of aliphatic hydroxyl groups is 2. The van der Waals surface area contributed by atoms with Crippen LogP contribution < -0.4 is 5.32 Å². The van der Waals surface area contributed by atoms with Crippen LogP contribution in [0, 0.1) is 35.5 Å². The Morgan fingerprint density at radius 2 is 2.12 bits per heavy atom. The van der Waals surface area contributed by atoms with Crippen LogP contribution in [0.4, 0.5) is 0 Å². The molecular formula is C22H36N2O2. The summed E-state index contributed by atoms with van der Waals surface area (Å²) in [5.41, 5.74) is 1.47. The molecule has 2 fully saturated rings. The fourth-order valence-electron chi connectivity index (χ4n) is 4.21. The molecule has 0 aromatic carbocycles. The first-order valence-corrected chi connectivity index (χ1v) is 9.92. The largest absolute Gasteiger partial charge is 0.392 e. The number of aliphatic hydroxyl groups excluding tert-OH is 2. The summed E-state index contributed by atoms with van der Waals surface area (Å²) in [6.07, 6.45) is 9.09. The Balaban J connectivity index is 1.89. The van der Waals surface area contributed by atoms with Gasteiger partial charge in [-0.15, -0.1) is 11.8 Å². The normalized spacial score (nSPS) is 31.9. The Morgan fingerprint density at radius 1 is 1.35 bits per heavy atom. The van der Waals surface area contributed by atoms with Gasteiger partial charge in [0.2, 0.25) is 0 Å². The number of hydrogen-bond donors (Lipinski definition) is 3. The molecule has 2 rings (SSSR count). The molecule has 0 saturated heterocycles. The van der Waals surface area contributed by atoms with E-state index >= 15 is 0 Å². The smallest absolute Gasteiger partial charge is 0.0755 e. The molecular weight excluding hydrogens is 324 g/mol. The first-order chi connectivity index (χ1) is 12.4. The number of fused-ring (bicyclic) bond motifs is 1. The van der Waals surface area contributed by atoms with E-state index in [0.29, 0.717) is 18.3 Å². The zero-order chi connectivity index (χ0) is 19.1. The Bertz CT molecular complexity index is 558. The first kappa shape index (κ1) is 21.0. The molecule has 0 aromatic heterocycles. The van der Waals surface area contributed by atoms with Crippen molar-refractivity contribution < 1.29 is 10.2 Å². The van der Waals surface area contributed by atoms with E-state index in [9.17, 15) is 10.2 Å². The molecule has 0 radical (unpaired) electrons. The Labute approximate surface area is 159 Å². The molecule has 2 aliphatic carbocycles. The van der Waals surface area contributed by atoms with Crippen molar-refractivity contribution in [1.82, 2.24) is 10.2 Å². The Kier molecular flexibility index (Phi) is 8.21. The summed E-state index contributed by atoms with van der Waals surface area (Å²) in [6, 6.07) is 0. The van der Waals surface area contributed by atoms with Crippen LogP contribution in [0.2, 0.25) is 0 Å². The van der Waals surface area contributed by atoms with E-state index < -0.39 is 6.10 Å². The fourth-order valence-corrected chi connectivity index (χ4v) is 4.21. The molecule has 0 unspecified atom stereocenters. The number of rotatable bonds is 8. The van der Waals surface area contributed by atoms with Gasteiger partial charge in [0.05, 0.1) is 12.2 Å². The van der Waals surface area contributed by atoms with E-state index in [1.54, 1.807) is 0 Å². The molecule has 0 amide bonds. The summed E-state index contributed by atoms with van der Waals surface area (Å²) in [5, 5.41) is 24.2. The zero-order valence-electron chi connectivity index (χ0n) is 16.8. The average Bonchev–Trinajstić information content (AvgIpc) is 3.10. The summed E-state index contributed by atoms with van der Waals surface area (Å²) in [5.74, 6) is 7.26.